The van der Waals surface area contributed by atoms with Crippen molar-refractivity contribution in [3.63, 3.8) is 0 Å². The van der Waals surface area contributed by atoms with Gasteiger partial charge in [-0.1, -0.05) is 12.1 Å². The van der Waals surface area contributed by atoms with Crippen molar-refractivity contribution in [1.82, 2.24) is 9.97 Å². The Balaban J connectivity index is 2.52. The Bertz CT molecular complexity index is 873. The van der Waals surface area contributed by atoms with Crippen LogP contribution in [0.5, 0.6) is 0 Å². The summed E-state index contributed by atoms with van der Waals surface area (Å²) in [6, 6.07) is 5.31. The fourth-order valence-electron chi connectivity index (χ4n) is 1.46. The SMILES string of the molecule is Nc1nc(N)c(N=Nc2ccccc2S(=O)(=O)O)c(=O)[nH]1. The van der Waals surface area contributed by atoms with Crippen molar-refractivity contribution < 1.29 is 13.0 Å². The van der Waals surface area contributed by atoms with Crippen molar-refractivity contribution >= 4 is 33.3 Å². The molecule has 1 aromatic heterocycles. The molecule has 1 aromatic carbocycles. The number of nitrogens with zero attached hydrogens (tertiary/aromatic N) is 3. The number of nitrogen functional groups attached to an aromatic ring is 2. The van der Waals surface area contributed by atoms with Crippen LogP contribution < -0.4 is 17.0 Å². The van der Waals surface area contributed by atoms with E-state index >= 15 is 0 Å². The molecule has 1 heterocycles. The first kappa shape index (κ1) is 14.6. The van der Waals surface area contributed by atoms with Gasteiger partial charge in [0.2, 0.25) is 5.95 Å². The van der Waals surface area contributed by atoms with E-state index in [2.05, 4.69) is 20.2 Å². The number of rotatable bonds is 3. The standard InChI is InChI=1S/C10H10N6O4S/c11-8-7(9(17)14-10(12)13-8)16-15-5-3-1-2-4-6(5)21(18,19)20/h1-4H,(H,18,19,20)(H5,11,12,13,14,17). The highest BCUT2D eigenvalue weighted by atomic mass is 32.2. The van der Waals surface area contributed by atoms with Gasteiger partial charge < -0.3 is 11.5 Å². The third-order valence-electron chi connectivity index (χ3n) is 2.34. The molecule has 0 unspecified atom stereocenters. The minimum atomic E-state index is -4.47. The number of azo groups is 1. The van der Waals surface area contributed by atoms with Gasteiger partial charge in [-0.05, 0) is 12.1 Å². The molecule has 0 saturated carbocycles. The Morgan fingerprint density at radius 2 is 1.86 bits per heavy atom. The number of benzene rings is 1. The molecule has 0 aliphatic heterocycles. The second-order valence-electron chi connectivity index (χ2n) is 3.83. The van der Waals surface area contributed by atoms with E-state index in [1.165, 1.54) is 18.2 Å². The fraction of sp³-hybridized carbons (Fsp3) is 0. The van der Waals surface area contributed by atoms with E-state index in [-0.39, 0.29) is 23.1 Å². The van der Waals surface area contributed by atoms with Gasteiger partial charge >= 0.3 is 0 Å². The lowest BCUT2D eigenvalue weighted by atomic mass is 10.3. The highest BCUT2D eigenvalue weighted by Crippen LogP contribution is 2.26. The summed E-state index contributed by atoms with van der Waals surface area (Å²) in [4.78, 5) is 16.9. The van der Waals surface area contributed by atoms with Gasteiger partial charge in [-0.25, -0.2) is 0 Å². The Morgan fingerprint density at radius 3 is 2.48 bits per heavy atom. The van der Waals surface area contributed by atoms with Crippen LogP contribution in [0.4, 0.5) is 23.1 Å². The van der Waals surface area contributed by atoms with Gasteiger partial charge in [0, 0.05) is 0 Å². The number of nitrogens with one attached hydrogen (secondary N) is 1. The zero-order valence-corrected chi connectivity index (χ0v) is 11.2. The molecule has 6 N–H and O–H groups in total. The summed E-state index contributed by atoms with van der Waals surface area (Å²) in [5.41, 5.74) is 9.55. The van der Waals surface area contributed by atoms with Gasteiger partial charge in [-0.15, -0.1) is 10.2 Å². The first-order valence-electron chi connectivity index (χ1n) is 5.42. The summed E-state index contributed by atoms with van der Waals surface area (Å²) < 4.78 is 31.4. The first-order valence-corrected chi connectivity index (χ1v) is 6.86. The molecule has 10 nitrogen and oxygen atoms in total. The summed E-state index contributed by atoms with van der Waals surface area (Å²) in [6.07, 6.45) is 0. The molecule has 2 aromatic rings. The van der Waals surface area contributed by atoms with E-state index in [9.17, 15) is 13.2 Å². The second-order valence-corrected chi connectivity index (χ2v) is 5.22. The number of aromatic nitrogens is 2. The van der Waals surface area contributed by atoms with E-state index in [0.29, 0.717) is 0 Å². The van der Waals surface area contributed by atoms with Gasteiger partial charge in [0.1, 0.15) is 10.6 Å². The van der Waals surface area contributed by atoms with Crippen LogP contribution >= 0.6 is 0 Å². The monoisotopic (exact) mass is 310 g/mol. The van der Waals surface area contributed by atoms with Crippen LogP contribution in [0.1, 0.15) is 0 Å². The van der Waals surface area contributed by atoms with Gasteiger partial charge in [0.25, 0.3) is 15.7 Å². The summed E-state index contributed by atoms with van der Waals surface area (Å²) in [7, 11) is -4.47. The van der Waals surface area contributed by atoms with E-state index in [0.717, 1.165) is 6.07 Å². The lowest BCUT2D eigenvalue weighted by Crippen LogP contribution is -2.12. The molecular weight excluding hydrogens is 300 g/mol. The molecule has 0 aliphatic rings. The third kappa shape index (κ3) is 3.21. The van der Waals surface area contributed by atoms with Gasteiger partial charge in [0.15, 0.2) is 11.5 Å². The molecule has 0 aliphatic carbocycles. The quantitative estimate of drug-likeness (QED) is 0.473. The Labute approximate surface area is 118 Å². The molecule has 0 amide bonds. The molecule has 0 radical (unpaired) electrons. The Kier molecular flexibility index (Phi) is 3.69. The lowest BCUT2D eigenvalue weighted by molar-refractivity contribution is 0.483. The first-order chi connectivity index (χ1) is 9.79. The molecular formula is C10H10N6O4S. The highest BCUT2D eigenvalue weighted by Gasteiger charge is 2.15. The van der Waals surface area contributed by atoms with Crippen molar-refractivity contribution in [3.05, 3.63) is 34.6 Å². The Morgan fingerprint density at radius 1 is 1.19 bits per heavy atom. The van der Waals surface area contributed by atoms with Crippen LogP contribution in [0.2, 0.25) is 0 Å². The van der Waals surface area contributed by atoms with Crippen LogP contribution in [0.3, 0.4) is 0 Å². The largest absolute Gasteiger partial charge is 0.382 e. The minimum absolute atomic E-state index is 0.157. The molecule has 0 spiro atoms. The van der Waals surface area contributed by atoms with Crippen molar-refractivity contribution in [2.24, 2.45) is 10.2 Å². The van der Waals surface area contributed by atoms with E-state index in [1.807, 2.05) is 0 Å². The van der Waals surface area contributed by atoms with Gasteiger partial charge in [-0.3, -0.25) is 14.3 Å². The van der Waals surface area contributed by atoms with Crippen LogP contribution in [-0.4, -0.2) is 22.9 Å². The summed E-state index contributed by atoms with van der Waals surface area (Å²) >= 11 is 0. The van der Waals surface area contributed by atoms with Crippen LogP contribution in [0, 0.1) is 0 Å². The molecule has 11 heteroatoms. The predicted molar refractivity (Wildman–Crippen MR) is 74.1 cm³/mol. The molecule has 0 saturated heterocycles. The number of hydrogen-bond donors (Lipinski definition) is 4. The zero-order valence-electron chi connectivity index (χ0n) is 10.4. The van der Waals surface area contributed by atoms with E-state index < -0.39 is 20.6 Å². The number of hydrogen-bond acceptors (Lipinski definition) is 8. The molecule has 110 valence electrons. The maximum atomic E-state index is 11.6. The molecule has 21 heavy (non-hydrogen) atoms. The van der Waals surface area contributed by atoms with Crippen LogP contribution in [-0.2, 0) is 10.1 Å². The van der Waals surface area contributed by atoms with Crippen molar-refractivity contribution in [3.8, 4) is 0 Å². The van der Waals surface area contributed by atoms with E-state index in [1.54, 1.807) is 0 Å². The fourth-order valence-corrected chi connectivity index (χ4v) is 2.08. The zero-order chi connectivity index (χ0) is 15.6. The summed E-state index contributed by atoms with van der Waals surface area (Å²) in [5, 5.41) is 7.15. The number of anilines is 2. The predicted octanol–water partition coefficient (Wildman–Crippen LogP) is 0.596. The molecule has 0 fully saturated rings. The average molecular weight is 310 g/mol. The third-order valence-corrected chi connectivity index (χ3v) is 3.24. The summed E-state index contributed by atoms with van der Waals surface area (Å²) in [5.74, 6) is -0.445. The maximum absolute atomic E-state index is 11.6. The van der Waals surface area contributed by atoms with Gasteiger partial charge in [-0.2, -0.15) is 13.4 Å². The van der Waals surface area contributed by atoms with Crippen LogP contribution in [0.25, 0.3) is 0 Å². The van der Waals surface area contributed by atoms with Crippen LogP contribution in [0.15, 0.2) is 44.2 Å². The topological polar surface area (TPSA) is 177 Å². The highest BCUT2D eigenvalue weighted by molar-refractivity contribution is 7.86. The lowest BCUT2D eigenvalue weighted by Gasteiger charge is -2.01. The minimum Gasteiger partial charge on any atom is -0.382 e. The second kappa shape index (κ2) is 5.30. The molecule has 2 rings (SSSR count). The molecule has 0 atom stereocenters. The molecule has 0 bridgehead atoms. The normalized spacial score (nSPS) is 11.9. The van der Waals surface area contributed by atoms with Crippen molar-refractivity contribution in [2.75, 3.05) is 11.5 Å². The van der Waals surface area contributed by atoms with E-state index in [4.69, 9.17) is 16.0 Å². The number of H-pyrrole nitrogens is 1. The maximum Gasteiger partial charge on any atom is 0.296 e. The Hall–Kier alpha value is -2.79. The summed E-state index contributed by atoms with van der Waals surface area (Å²) in [6.45, 7) is 0. The van der Waals surface area contributed by atoms with Crippen molar-refractivity contribution in [2.45, 2.75) is 4.90 Å². The smallest absolute Gasteiger partial charge is 0.296 e. The number of aromatic amines is 1. The van der Waals surface area contributed by atoms with Gasteiger partial charge in [0.05, 0.1) is 0 Å². The number of nitrogens with two attached hydrogens (primary N) is 2. The van der Waals surface area contributed by atoms with Crippen molar-refractivity contribution in [1.29, 1.82) is 0 Å². The average Bonchev–Trinajstić information content (AvgIpc) is 2.36.